The Morgan fingerprint density at radius 3 is 1.93 bits per heavy atom. The smallest absolute Gasteiger partial charge is 0.322 e. The molecule has 5 amide bonds. The zero-order valence-electron chi connectivity index (χ0n) is 24.4. The van der Waals surface area contributed by atoms with E-state index in [0.717, 1.165) is 4.90 Å². The van der Waals surface area contributed by atoms with Gasteiger partial charge in [0.1, 0.15) is 12.6 Å². The molecule has 0 radical (unpaired) electrons. The van der Waals surface area contributed by atoms with Crippen LogP contribution in [0.3, 0.4) is 0 Å². The number of aliphatic carboxylic acids is 2. The van der Waals surface area contributed by atoms with Crippen LogP contribution in [-0.2, 0) is 47.8 Å². The summed E-state index contributed by atoms with van der Waals surface area (Å²) in [5, 5.41) is 25.0. The minimum atomic E-state index is -1.43. The van der Waals surface area contributed by atoms with Gasteiger partial charge >= 0.3 is 11.9 Å². The minimum Gasteiger partial charge on any atom is -0.481 e. The second kappa shape index (κ2) is 24.7. The third kappa shape index (κ3) is 22.4. The molecule has 0 aromatic carbocycles. The molecule has 0 saturated carbocycles. The fraction of sp³-hybridized carbons (Fsp3) is 0.720. The fourth-order valence-corrected chi connectivity index (χ4v) is 3.34. The van der Waals surface area contributed by atoms with Gasteiger partial charge in [-0.05, 0) is 12.8 Å². The average Bonchev–Trinajstić information content (AvgIpc) is 2.95. The molecule has 0 aromatic heterocycles. The van der Waals surface area contributed by atoms with Gasteiger partial charge in [-0.1, -0.05) is 6.92 Å². The molecule has 18 nitrogen and oxygen atoms in total. The van der Waals surface area contributed by atoms with Gasteiger partial charge < -0.3 is 45.3 Å². The summed E-state index contributed by atoms with van der Waals surface area (Å²) in [6.45, 7) is 2.20. The largest absolute Gasteiger partial charge is 0.481 e. The maximum Gasteiger partial charge on any atom is 0.322 e. The number of carboxylic acids is 2. The Hall–Kier alpha value is -3.87. The summed E-state index contributed by atoms with van der Waals surface area (Å²) in [6, 6.07) is -1.43. The number of rotatable bonds is 26. The topological polar surface area (TPSA) is 265 Å². The zero-order valence-corrected chi connectivity index (χ0v) is 24.4. The Morgan fingerprint density at radius 2 is 1.35 bits per heavy atom. The van der Waals surface area contributed by atoms with Crippen molar-refractivity contribution in [3.8, 4) is 0 Å². The summed E-state index contributed by atoms with van der Waals surface area (Å²) in [5.74, 6) is -0.322. The van der Waals surface area contributed by atoms with Gasteiger partial charge in [0.25, 0.3) is 0 Å². The van der Waals surface area contributed by atoms with Gasteiger partial charge in [0.2, 0.25) is 29.5 Å². The molecule has 0 saturated heterocycles. The third-order valence-electron chi connectivity index (χ3n) is 5.34. The quantitative estimate of drug-likeness (QED) is 0.0222. The van der Waals surface area contributed by atoms with Gasteiger partial charge in [0, 0.05) is 32.4 Å². The van der Waals surface area contributed by atoms with E-state index in [4.69, 9.17) is 25.2 Å². The number of carbonyl (C=O) groups excluding carboxylic acids is 5. The molecule has 0 unspecified atom stereocenters. The van der Waals surface area contributed by atoms with Gasteiger partial charge in [-0.15, -0.1) is 0 Å². The number of hydrazine groups is 1. The van der Waals surface area contributed by atoms with Crippen molar-refractivity contribution >= 4 is 41.5 Å². The predicted molar refractivity (Wildman–Crippen MR) is 148 cm³/mol. The van der Waals surface area contributed by atoms with Crippen molar-refractivity contribution in [1.29, 1.82) is 0 Å². The lowest BCUT2D eigenvalue weighted by atomic mass is 10.1. The molecule has 0 aliphatic carbocycles. The SMILES string of the molecule is CCCN(CC(=O)NCC(=O)O)C(=O)[C@@H](CC(=O)O)NC(=O)CCOCCOCCOCCNC(=O)CCCC(=O)NN. The van der Waals surface area contributed by atoms with Gasteiger partial charge in [0.15, 0.2) is 0 Å². The number of nitrogens with zero attached hydrogens (tertiary/aromatic N) is 1. The normalized spacial score (nSPS) is 11.2. The van der Waals surface area contributed by atoms with E-state index in [9.17, 15) is 38.7 Å². The number of nitrogens with one attached hydrogen (secondary N) is 4. The van der Waals surface area contributed by atoms with Crippen molar-refractivity contribution in [2.75, 3.05) is 65.8 Å². The van der Waals surface area contributed by atoms with Crippen LogP contribution in [0.2, 0.25) is 0 Å². The molecule has 1 atom stereocenters. The van der Waals surface area contributed by atoms with E-state index in [1.54, 1.807) is 6.92 Å². The van der Waals surface area contributed by atoms with Crippen LogP contribution in [0.1, 0.15) is 45.4 Å². The van der Waals surface area contributed by atoms with Gasteiger partial charge in [-0.25, -0.2) is 5.84 Å². The van der Waals surface area contributed by atoms with Crippen LogP contribution in [0.4, 0.5) is 0 Å². The van der Waals surface area contributed by atoms with Crippen molar-refractivity contribution in [2.24, 2.45) is 5.84 Å². The predicted octanol–water partition coefficient (Wildman–Crippen LogP) is -2.90. The van der Waals surface area contributed by atoms with Crippen molar-refractivity contribution in [1.82, 2.24) is 26.3 Å². The summed E-state index contributed by atoms with van der Waals surface area (Å²) in [5.41, 5.74) is 1.99. The molecule has 43 heavy (non-hydrogen) atoms. The van der Waals surface area contributed by atoms with E-state index in [2.05, 4.69) is 16.0 Å². The first-order valence-corrected chi connectivity index (χ1v) is 13.8. The molecule has 246 valence electrons. The molecule has 8 N–H and O–H groups in total. The maximum absolute atomic E-state index is 12.9. The van der Waals surface area contributed by atoms with Crippen LogP contribution >= 0.6 is 0 Å². The zero-order chi connectivity index (χ0) is 32.5. The molecule has 0 spiro atoms. The van der Waals surface area contributed by atoms with Crippen molar-refractivity contribution in [3.63, 3.8) is 0 Å². The van der Waals surface area contributed by atoms with E-state index < -0.39 is 55.2 Å². The van der Waals surface area contributed by atoms with E-state index in [0.29, 0.717) is 19.4 Å². The van der Waals surface area contributed by atoms with Crippen molar-refractivity contribution < 1.29 is 58.0 Å². The average molecular weight is 621 g/mol. The lowest BCUT2D eigenvalue weighted by Crippen LogP contribution is -2.52. The lowest BCUT2D eigenvalue weighted by molar-refractivity contribution is -0.145. The summed E-state index contributed by atoms with van der Waals surface area (Å²) < 4.78 is 16.0. The van der Waals surface area contributed by atoms with Crippen molar-refractivity contribution in [3.05, 3.63) is 0 Å². The molecule has 0 rings (SSSR count). The Bertz CT molecular complexity index is 904. The second-order valence-corrected chi connectivity index (χ2v) is 9.01. The number of carboxylic acid groups (broad SMARTS) is 2. The summed E-state index contributed by atoms with van der Waals surface area (Å²) >= 11 is 0. The fourth-order valence-electron chi connectivity index (χ4n) is 3.34. The molecule has 18 heteroatoms. The highest BCUT2D eigenvalue weighted by atomic mass is 16.5. The first-order chi connectivity index (χ1) is 20.5. The lowest BCUT2D eigenvalue weighted by Gasteiger charge is -2.26. The van der Waals surface area contributed by atoms with E-state index in [1.165, 1.54) is 0 Å². The molecular weight excluding hydrogens is 576 g/mol. The molecule has 0 aliphatic heterocycles. The Balaban J connectivity index is 4.18. The first-order valence-electron chi connectivity index (χ1n) is 13.8. The standard InChI is InChI=1S/C25H44N6O12/c1-2-8-31(17-22(35)28-16-24(38)39)25(40)18(15-23(36)37)29-20(33)6-9-41-11-13-43-14-12-42-10-7-27-19(32)4-3-5-21(34)30-26/h18H,2-17,26H2,1H3,(H,27,32)(H,28,35)(H,29,33)(H,30,34)(H,36,37)(H,38,39)/t18-/m1/s1. The monoisotopic (exact) mass is 620 g/mol. The van der Waals surface area contributed by atoms with E-state index in [1.807, 2.05) is 5.43 Å². The Kier molecular flexibility index (Phi) is 22.5. The molecular formula is C25H44N6O12. The molecule has 0 fully saturated rings. The number of hydrogen-bond donors (Lipinski definition) is 7. The highest BCUT2D eigenvalue weighted by molar-refractivity contribution is 5.93. The molecule has 0 aromatic rings. The number of ether oxygens (including phenoxy) is 3. The summed E-state index contributed by atoms with van der Waals surface area (Å²) in [6.07, 6.45) is 0.327. The van der Waals surface area contributed by atoms with Crippen molar-refractivity contribution in [2.45, 2.75) is 51.5 Å². The third-order valence-corrected chi connectivity index (χ3v) is 5.34. The Labute approximate surface area is 249 Å². The highest BCUT2D eigenvalue weighted by Crippen LogP contribution is 2.03. The highest BCUT2D eigenvalue weighted by Gasteiger charge is 2.29. The second-order valence-electron chi connectivity index (χ2n) is 9.01. The van der Waals surface area contributed by atoms with E-state index in [-0.39, 0.29) is 77.3 Å². The van der Waals surface area contributed by atoms with E-state index >= 15 is 0 Å². The summed E-state index contributed by atoms with van der Waals surface area (Å²) in [4.78, 5) is 82.7. The number of nitrogens with two attached hydrogens (primary N) is 1. The van der Waals surface area contributed by atoms with Crippen LogP contribution in [0.5, 0.6) is 0 Å². The van der Waals surface area contributed by atoms with Crippen LogP contribution in [-0.4, -0.2) is 128 Å². The molecule has 0 bridgehead atoms. The van der Waals surface area contributed by atoms with Crippen LogP contribution in [0.25, 0.3) is 0 Å². The van der Waals surface area contributed by atoms with Gasteiger partial charge in [-0.3, -0.25) is 39.0 Å². The number of amides is 5. The number of carbonyl (C=O) groups is 7. The Morgan fingerprint density at radius 1 is 0.744 bits per heavy atom. The minimum absolute atomic E-state index is 0.0213. The van der Waals surface area contributed by atoms with Gasteiger partial charge in [-0.2, -0.15) is 0 Å². The summed E-state index contributed by atoms with van der Waals surface area (Å²) in [7, 11) is 0. The maximum atomic E-state index is 12.9. The van der Waals surface area contributed by atoms with Crippen LogP contribution in [0.15, 0.2) is 0 Å². The molecule has 0 heterocycles. The van der Waals surface area contributed by atoms with Crippen LogP contribution in [0, 0.1) is 0 Å². The van der Waals surface area contributed by atoms with Gasteiger partial charge in [0.05, 0.1) is 52.6 Å². The molecule has 0 aliphatic rings. The number of hydrogen-bond acceptors (Lipinski definition) is 11. The van der Waals surface area contributed by atoms with Crippen LogP contribution < -0.4 is 27.2 Å². The first kappa shape index (κ1) is 39.1.